The lowest BCUT2D eigenvalue weighted by Gasteiger charge is -2.42. The zero-order valence-corrected chi connectivity index (χ0v) is 16.7. The van der Waals surface area contributed by atoms with E-state index in [9.17, 15) is 14.4 Å². The summed E-state index contributed by atoms with van der Waals surface area (Å²) in [5, 5.41) is 5.93. The summed E-state index contributed by atoms with van der Waals surface area (Å²) in [7, 11) is 0. The molecule has 0 aromatic heterocycles. The number of benzene rings is 1. The summed E-state index contributed by atoms with van der Waals surface area (Å²) in [6.45, 7) is 4.58. The molecule has 29 heavy (non-hydrogen) atoms. The van der Waals surface area contributed by atoms with Gasteiger partial charge in [-0.25, -0.2) is 0 Å². The van der Waals surface area contributed by atoms with Gasteiger partial charge >= 0.3 is 0 Å². The number of rotatable bonds is 3. The highest BCUT2D eigenvalue weighted by Gasteiger charge is 2.42. The average molecular weight is 396 g/mol. The molecule has 0 bridgehead atoms. The summed E-state index contributed by atoms with van der Waals surface area (Å²) in [5.41, 5.74) is 3.11. The molecule has 7 nitrogen and oxygen atoms in total. The summed E-state index contributed by atoms with van der Waals surface area (Å²) in [6.07, 6.45) is 5.63. The van der Waals surface area contributed by atoms with E-state index in [1.165, 1.54) is 25.7 Å². The Morgan fingerprint density at radius 2 is 2.00 bits per heavy atom. The third-order valence-corrected chi connectivity index (χ3v) is 7.16. The molecule has 1 aromatic carbocycles. The first kappa shape index (κ1) is 18.8. The Hall–Kier alpha value is -2.25. The van der Waals surface area contributed by atoms with Crippen LogP contribution >= 0.6 is 0 Å². The van der Waals surface area contributed by atoms with Gasteiger partial charge in [-0.05, 0) is 62.4 Å². The molecule has 4 aliphatic heterocycles. The zero-order chi connectivity index (χ0) is 20.0. The van der Waals surface area contributed by atoms with Crippen LogP contribution in [0.4, 0.5) is 0 Å². The van der Waals surface area contributed by atoms with Crippen molar-refractivity contribution in [1.29, 1.82) is 0 Å². The minimum atomic E-state index is -0.550. The molecular formula is C22H28N4O3. The second kappa shape index (κ2) is 7.22. The van der Waals surface area contributed by atoms with Gasteiger partial charge in [-0.2, -0.15) is 0 Å². The number of nitrogens with one attached hydrogen (secondary N) is 2. The molecule has 1 spiro atoms. The zero-order valence-electron chi connectivity index (χ0n) is 16.7. The van der Waals surface area contributed by atoms with Gasteiger partial charge in [0.15, 0.2) is 0 Å². The van der Waals surface area contributed by atoms with Gasteiger partial charge < -0.3 is 10.2 Å². The Morgan fingerprint density at radius 3 is 2.79 bits per heavy atom. The van der Waals surface area contributed by atoms with Crippen LogP contribution in [0.3, 0.4) is 0 Å². The number of likely N-dealkylation sites (tertiary alicyclic amines) is 1. The molecule has 0 aliphatic carbocycles. The summed E-state index contributed by atoms with van der Waals surface area (Å²) in [5.74, 6) is -0.701. The van der Waals surface area contributed by atoms with Crippen molar-refractivity contribution in [1.82, 2.24) is 20.4 Å². The van der Waals surface area contributed by atoms with Crippen molar-refractivity contribution in [3.05, 3.63) is 34.9 Å². The summed E-state index contributed by atoms with van der Waals surface area (Å²) in [6, 6.07) is 5.64. The molecular weight excluding hydrogens is 368 g/mol. The van der Waals surface area contributed by atoms with Crippen molar-refractivity contribution in [3.8, 4) is 0 Å². The molecule has 3 amide bonds. The Morgan fingerprint density at radius 1 is 1.14 bits per heavy atom. The highest BCUT2D eigenvalue weighted by Crippen LogP contribution is 2.36. The smallest absolute Gasteiger partial charge is 0.255 e. The molecule has 7 heteroatoms. The molecule has 4 heterocycles. The van der Waals surface area contributed by atoms with E-state index in [4.69, 9.17) is 0 Å². The number of fused-ring (bicyclic) bond motifs is 1. The van der Waals surface area contributed by atoms with Crippen LogP contribution in [0.5, 0.6) is 0 Å². The van der Waals surface area contributed by atoms with Crippen molar-refractivity contribution in [2.45, 2.75) is 63.2 Å². The lowest BCUT2D eigenvalue weighted by atomic mass is 9.87. The molecule has 5 rings (SSSR count). The summed E-state index contributed by atoms with van der Waals surface area (Å²) in [4.78, 5) is 40.9. The maximum Gasteiger partial charge on any atom is 0.255 e. The van der Waals surface area contributed by atoms with E-state index in [1.807, 2.05) is 12.1 Å². The number of piperidine rings is 2. The van der Waals surface area contributed by atoms with E-state index in [-0.39, 0.29) is 29.7 Å². The van der Waals surface area contributed by atoms with Gasteiger partial charge in [0.05, 0.1) is 0 Å². The number of nitrogens with zero attached hydrogens (tertiary/aromatic N) is 2. The largest absolute Gasteiger partial charge is 0.322 e. The predicted molar refractivity (Wildman–Crippen MR) is 107 cm³/mol. The van der Waals surface area contributed by atoms with E-state index in [0.29, 0.717) is 18.5 Å². The predicted octanol–water partition coefficient (Wildman–Crippen LogP) is 1.17. The lowest BCUT2D eigenvalue weighted by molar-refractivity contribution is -0.136. The minimum absolute atomic E-state index is 0.0909. The van der Waals surface area contributed by atoms with Crippen molar-refractivity contribution < 1.29 is 14.4 Å². The maximum atomic E-state index is 13.0. The third-order valence-electron chi connectivity index (χ3n) is 7.16. The highest BCUT2D eigenvalue weighted by molar-refractivity contribution is 6.05. The second-order valence-electron chi connectivity index (χ2n) is 8.92. The Balaban J connectivity index is 1.33. The van der Waals surface area contributed by atoms with Crippen LogP contribution in [0.25, 0.3) is 0 Å². The van der Waals surface area contributed by atoms with E-state index in [0.717, 1.165) is 37.3 Å². The summed E-state index contributed by atoms with van der Waals surface area (Å²) < 4.78 is 0. The first-order valence-electron chi connectivity index (χ1n) is 10.8. The normalized spacial score (nSPS) is 30.1. The standard InChI is InChI=1S/C22H28N4O3/c27-19-6-5-18(20(28)24-19)26-13-16-4-3-15(11-17(16)21(26)29)12-25-10-2-8-22(25)7-1-9-23-14-22/h3-4,11,18,23H,1-2,5-10,12-14H2,(H,24,27,28). The minimum Gasteiger partial charge on any atom is -0.322 e. The summed E-state index contributed by atoms with van der Waals surface area (Å²) >= 11 is 0. The molecule has 2 atom stereocenters. The molecule has 2 unspecified atom stereocenters. The van der Waals surface area contributed by atoms with Crippen LogP contribution in [0.1, 0.15) is 60.0 Å². The molecule has 2 N–H and O–H groups in total. The Kier molecular flexibility index (Phi) is 4.67. The quantitative estimate of drug-likeness (QED) is 0.750. The van der Waals surface area contributed by atoms with Gasteiger partial charge in [0.1, 0.15) is 6.04 Å². The molecule has 0 radical (unpaired) electrons. The molecule has 0 saturated carbocycles. The Bertz CT molecular complexity index is 862. The van der Waals surface area contributed by atoms with Crippen LogP contribution in [-0.2, 0) is 22.7 Å². The second-order valence-corrected chi connectivity index (χ2v) is 8.92. The fraction of sp³-hybridized carbons (Fsp3) is 0.591. The first-order chi connectivity index (χ1) is 14.1. The van der Waals surface area contributed by atoms with E-state index in [1.54, 1.807) is 4.90 Å². The number of hydrogen-bond acceptors (Lipinski definition) is 5. The van der Waals surface area contributed by atoms with Crippen molar-refractivity contribution in [2.24, 2.45) is 0 Å². The molecule has 3 saturated heterocycles. The number of imide groups is 1. The topological polar surface area (TPSA) is 81.8 Å². The monoisotopic (exact) mass is 396 g/mol. The first-order valence-corrected chi connectivity index (χ1v) is 10.8. The van der Waals surface area contributed by atoms with Gasteiger partial charge in [-0.3, -0.25) is 24.6 Å². The number of hydrogen-bond donors (Lipinski definition) is 2. The van der Waals surface area contributed by atoms with E-state index >= 15 is 0 Å². The van der Waals surface area contributed by atoms with Crippen LogP contribution in [-0.4, -0.2) is 58.7 Å². The van der Waals surface area contributed by atoms with Gasteiger partial charge in [-0.15, -0.1) is 0 Å². The van der Waals surface area contributed by atoms with Crippen molar-refractivity contribution >= 4 is 17.7 Å². The molecule has 4 aliphatic rings. The van der Waals surface area contributed by atoms with Crippen LogP contribution in [0.2, 0.25) is 0 Å². The number of carbonyl (C=O) groups is 3. The van der Waals surface area contributed by atoms with Crippen molar-refractivity contribution in [3.63, 3.8) is 0 Å². The van der Waals surface area contributed by atoms with Crippen molar-refractivity contribution in [2.75, 3.05) is 19.6 Å². The molecule has 154 valence electrons. The van der Waals surface area contributed by atoms with Gasteiger partial charge in [0.25, 0.3) is 5.91 Å². The van der Waals surface area contributed by atoms with Gasteiger partial charge in [-0.1, -0.05) is 12.1 Å². The van der Waals surface area contributed by atoms with Crippen LogP contribution in [0, 0.1) is 0 Å². The molecule has 3 fully saturated rings. The fourth-order valence-electron chi connectivity index (χ4n) is 5.60. The Labute approximate surface area is 170 Å². The maximum absolute atomic E-state index is 13.0. The lowest BCUT2D eigenvalue weighted by Crippen LogP contribution is -2.53. The number of amides is 3. The molecule has 1 aromatic rings. The third kappa shape index (κ3) is 3.26. The van der Waals surface area contributed by atoms with E-state index in [2.05, 4.69) is 21.6 Å². The SMILES string of the molecule is O=C1CCC(N2Cc3ccc(CN4CCCC45CCCNC5)cc3C2=O)C(=O)N1. The van der Waals surface area contributed by atoms with E-state index < -0.39 is 6.04 Å². The highest BCUT2D eigenvalue weighted by atomic mass is 16.2. The van der Waals surface area contributed by atoms with Gasteiger partial charge in [0, 0.05) is 37.2 Å². The number of carbonyl (C=O) groups excluding carboxylic acids is 3. The average Bonchev–Trinajstić information content (AvgIpc) is 3.24. The van der Waals surface area contributed by atoms with Crippen LogP contribution in [0.15, 0.2) is 18.2 Å². The van der Waals surface area contributed by atoms with Crippen LogP contribution < -0.4 is 10.6 Å². The fourth-order valence-corrected chi connectivity index (χ4v) is 5.60. The van der Waals surface area contributed by atoms with Gasteiger partial charge in [0.2, 0.25) is 11.8 Å².